The maximum absolute atomic E-state index is 10.3. The van der Waals surface area contributed by atoms with Gasteiger partial charge in [-0.25, -0.2) is 4.98 Å². The van der Waals surface area contributed by atoms with Gasteiger partial charge in [-0.3, -0.25) is 4.79 Å². The third-order valence-electron chi connectivity index (χ3n) is 2.34. The Morgan fingerprint density at radius 1 is 1.60 bits per heavy atom. The molecule has 1 amide bonds. The van der Waals surface area contributed by atoms with E-state index in [1.54, 1.807) is 12.1 Å². The van der Waals surface area contributed by atoms with Crippen LogP contribution in [-0.2, 0) is 18.4 Å². The standard InChI is InChI=1S/C10H11N3O2/c1-13-9-3-2-7(11-6-15)4-8(9)12-10(13)5-14/h2-4,6,14H,5H2,1H3,(H,11,15). The van der Waals surface area contributed by atoms with Crippen LogP contribution in [0.3, 0.4) is 0 Å². The minimum absolute atomic E-state index is 0.0956. The fourth-order valence-electron chi connectivity index (χ4n) is 1.55. The summed E-state index contributed by atoms with van der Waals surface area (Å²) in [7, 11) is 1.84. The first kappa shape index (κ1) is 9.67. The first-order valence-electron chi connectivity index (χ1n) is 4.52. The van der Waals surface area contributed by atoms with Gasteiger partial charge in [0, 0.05) is 12.7 Å². The molecule has 5 heteroatoms. The SMILES string of the molecule is Cn1c(CO)nc2cc(NC=O)ccc21. The van der Waals surface area contributed by atoms with Gasteiger partial charge in [0.2, 0.25) is 6.41 Å². The van der Waals surface area contributed by atoms with Crippen molar-refractivity contribution < 1.29 is 9.90 Å². The third kappa shape index (κ3) is 1.57. The number of hydrogen-bond acceptors (Lipinski definition) is 3. The molecule has 1 heterocycles. The summed E-state index contributed by atoms with van der Waals surface area (Å²) >= 11 is 0. The summed E-state index contributed by atoms with van der Waals surface area (Å²) in [4.78, 5) is 14.5. The second kappa shape index (κ2) is 3.70. The van der Waals surface area contributed by atoms with Crippen molar-refractivity contribution in [1.82, 2.24) is 9.55 Å². The van der Waals surface area contributed by atoms with E-state index in [0.717, 1.165) is 11.0 Å². The Bertz CT molecular complexity index is 505. The summed E-state index contributed by atoms with van der Waals surface area (Å²) in [6.07, 6.45) is 0.622. The topological polar surface area (TPSA) is 67.2 Å². The number of nitrogens with zero attached hydrogens (tertiary/aromatic N) is 2. The van der Waals surface area contributed by atoms with Gasteiger partial charge >= 0.3 is 0 Å². The zero-order chi connectivity index (χ0) is 10.8. The molecule has 0 aliphatic rings. The first-order chi connectivity index (χ1) is 7.26. The molecule has 2 rings (SSSR count). The van der Waals surface area contributed by atoms with Crippen LogP contribution in [0.2, 0.25) is 0 Å². The Labute approximate surface area is 86.4 Å². The van der Waals surface area contributed by atoms with E-state index >= 15 is 0 Å². The maximum Gasteiger partial charge on any atom is 0.211 e. The molecule has 0 fully saturated rings. The van der Waals surface area contributed by atoms with Gasteiger partial charge in [-0.05, 0) is 18.2 Å². The lowest BCUT2D eigenvalue weighted by Crippen LogP contribution is -1.96. The molecule has 78 valence electrons. The number of carbonyl (C=O) groups excluding carboxylic acids is 1. The summed E-state index contributed by atoms with van der Waals surface area (Å²) in [6.45, 7) is -0.0956. The minimum Gasteiger partial charge on any atom is -0.388 e. The van der Waals surface area contributed by atoms with Crippen LogP contribution in [0.1, 0.15) is 5.82 Å². The van der Waals surface area contributed by atoms with Crippen molar-refractivity contribution in [3.8, 4) is 0 Å². The van der Waals surface area contributed by atoms with E-state index in [-0.39, 0.29) is 6.61 Å². The zero-order valence-electron chi connectivity index (χ0n) is 8.27. The Morgan fingerprint density at radius 2 is 2.40 bits per heavy atom. The lowest BCUT2D eigenvalue weighted by Gasteiger charge is -1.99. The molecule has 0 saturated heterocycles. The second-order valence-corrected chi connectivity index (χ2v) is 3.21. The molecule has 0 radical (unpaired) electrons. The number of rotatable bonds is 3. The Balaban J connectivity index is 2.57. The normalized spacial score (nSPS) is 10.5. The predicted molar refractivity (Wildman–Crippen MR) is 56.3 cm³/mol. The van der Waals surface area contributed by atoms with Crippen LogP contribution in [0.5, 0.6) is 0 Å². The van der Waals surface area contributed by atoms with Crippen molar-refractivity contribution in [2.24, 2.45) is 7.05 Å². The van der Waals surface area contributed by atoms with E-state index in [4.69, 9.17) is 5.11 Å². The quantitative estimate of drug-likeness (QED) is 0.722. The van der Waals surface area contributed by atoms with E-state index in [9.17, 15) is 4.79 Å². The van der Waals surface area contributed by atoms with Gasteiger partial charge in [0.1, 0.15) is 12.4 Å². The molecule has 2 N–H and O–H groups in total. The number of benzene rings is 1. The van der Waals surface area contributed by atoms with Gasteiger partial charge in [0.15, 0.2) is 0 Å². The van der Waals surface area contributed by atoms with Crippen LogP contribution in [0.25, 0.3) is 11.0 Å². The molecular formula is C10H11N3O2. The predicted octanol–water partition coefficient (Wildman–Crippen LogP) is 0.634. The van der Waals surface area contributed by atoms with Crippen molar-refractivity contribution in [2.45, 2.75) is 6.61 Å². The van der Waals surface area contributed by atoms with E-state index in [1.165, 1.54) is 0 Å². The Kier molecular flexibility index (Phi) is 2.39. The fourth-order valence-corrected chi connectivity index (χ4v) is 1.55. The molecule has 0 unspecified atom stereocenters. The highest BCUT2D eigenvalue weighted by Gasteiger charge is 2.06. The highest BCUT2D eigenvalue weighted by molar-refractivity contribution is 5.83. The maximum atomic E-state index is 10.3. The van der Waals surface area contributed by atoms with Gasteiger partial charge in [-0.2, -0.15) is 0 Å². The molecular weight excluding hydrogens is 194 g/mol. The molecule has 0 aliphatic heterocycles. The molecule has 15 heavy (non-hydrogen) atoms. The van der Waals surface area contributed by atoms with Gasteiger partial charge < -0.3 is 15.0 Å². The van der Waals surface area contributed by atoms with Crippen molar-refractivity contribution in [3.05, 3.63) is 24.0 Å². The van der Waals surface area contributed by atoms with Crippen LogP contribution in [0, 0.1) is 0 Å². The molecule has 1 aromatic heterocycles. The third-order valence-corrected chi connectivity index (χ3v) is 2.34. The highest BCUT2D eigenvalue weighted by atomic mass is 16.3. The molecule has 5 nitrogen and oxygen atoms in total. The van der Waals surface area contributed by atoms with E-state index in [1.807, 2.05) is 17.7 Å². The average Bonchev–Trinajstić information content (AvgIpc) is 2.56. The summed E-state index contributed by atoms with van der Waals surface area (Å²) in [5, 5.41) is 11.6. The van der Waals surface area contributed by atoms with Crippen LogP contribution >= 0.6 is 0 Å². The number of aromatic nitrogens is 2. The number of aliphatic hydroxyl groups excluding tert-OH is 1. The van der Waals surface area contributed by atoms with E-state index in [2.05, 4.69) is 10.3 Å². The van der Waals surface area contributed by atoms with Crippen LogP contribution in [-0.4, -0.2) is 21.1 Å². The molecule has 0 aliphatic carbocycles. The number of nitrogens with one attached hydrogen (secondary N) is 1. The van der Waals surface area contributed by atoms with Gasteiger partial charge in [0.25, 0.3) is 0 Å². The van der Waals surface area contributed by atoms with Crippen molar-refractivity contribution in [1.29, 1.82) is 0 Å². The molecule has 1 aromatic carbocycles. The zero-order valence-corrected chi connectivity index (χ0v) is 8.27. The van der Waals surface area contributed by atoms with Crippen LogP contribution in [0.4, 0.5) is 5.69 Å². The summed E-state index contributed by atoms with van der Waals surface area (Å²) in [5.74, 6) is 0.605. The first-order valence-corrected chi connectivity index (χ1v) is 4.52. The van der Waals surface area contributed by atoms with E-state index < -0.39 is 0 Å². The summed E-state index contributed by atoms with van der Waals surface area (Å²) in [5.41, 5.74) is 2.38. The number of hydrogen-bond donors (Lipinski definition) is 2. The Hall–Kier alpha value is -1.88. The number of imidazole rings is 1. The van der Waals surface area contributed by atoms with Crippen molar-refractivity contribution in [2.75, 3.05) is 5.32 Å². The molecule has 0 bridgehead atoms. The number of fused-ring (bicyclic) bond motifs is 1. The number of aliphatic hydroxyl groups is 1. The summed E-state index contributed by atoms with van der Waals surface area (Å²) in [6, 6.07) is 5.41. The van der Waals surface area contributed by atoms with E-state index in [0.29, 0.717) is 17.9 Å². The number of anilines is 1. The lowest BCUT2D eigenvalue weighted by atomic mass is 10.3. The van der Waals surface area contributed by atoms with Crippen LogP contribution in [0.15, 0.2) is 18.2 Å². The second-order valence-electron chi connectivity index (χ2n) is 3.21. The smallest absolute Gasteiger partial charge is 0.211 e. The van der Waals surface area contributed by atoms with Gasteiger partial charge in [-0.15, -0.1) is 0 Å². The number of amides is 1. The molecule has 0 atom stereocenters. The largest absolute Gasteiger partial charge is 0.388 e. The van der Waals surface area contributed by atoms with Crippen molar-refractivity contribution in [3.63, 3.8) is 0 Å². The molecule has 0 spiro atoms. The lowest BCUT2D eigenvalue weighted by molar-refractivity contribution is -0.105. The molecule has 2 aromatic rings. The highest BCUT2D eigenvalue weighted by Crippen LogP contribution is 2.19. The minimum atomic E-state index is -0.0956. The van der Waals surface area contributed by atoms with Gasteiger partial charge in [0.05, 0.1) is 11.0 Å². The summed E-state index contributed by atoms with van der Waals surface area (Å²) < 4.78 is 1.82. The molecule has 0 saturated carbocycles. The van der Waals surface area contributed by atoms with Crippen LogP contribution < -0.4 is 5.32 Å². The average molecular weight is 205 g/mol. The Morgan fingerprint density at radius 3 is 3.07 bits per heavy atom. The van der Waals surface area contributed by atoms with Gasteiger partial charge in [-0.1, -0.05) is 0 Å². The fraction of sp³-hybridized carbons (Fsp3) is 0.200. The van der Waals surface area contributed by atoms with Crippen molar-refractivity contribution >= 4 is 23.1 Å². The number of aryl methyl sites for hydroxylation is 1. The monoisotopic (exact) mass is 205 g/mol. The number of carbonyl (C=O) groups is 1.